The lowest BCUT2D eigenvalue weighted by molar-refractivity contribution is 0.549. The van der Waals surface area contributed by atoms with Crippen LogP contribution in [0.25, 0.3) is 0 Å². The fraction of sp³-hybridized carbons (Fsp3) is 0.750. The Hall–Kier alpha value is -0.830. The summed E-state index contributed by atoms with van der Waals surface area (Å²) in [5.41, 5.74) is 8.31. The molecule has 0 fully saturated rings. The molecule has 0 saturated carbocycles. The molecule has 0 aliphatic carbocycles. The van der Waals surface area contributed by atoms with Gasteiger partial charge in [-0.3, -0.25) is 4.68 Å². The van der Waals surface area contributed by atoms with Crippen LogP contribution in [0.4, 0.5) is 0 Å². The van der Waals surface area contributed by atoms with E-state index in [4.69, 9.17) is 5.73 Å². The van der Waals surface area contributed by atoms with Gasteiger partial charge in [0.1, 0.15) is 0 Å². The Bertz CT molecular complexity index is 318. The molecule has 0 aliphatic rings. The molecule has 1 rings (SSSR count). The van der Waals surface area contributed by atoms with E-state index in [1.54, 1.807) is 0 Å². The summed E-state index contributed by atoms with van der Waals surface area (Å²) in [6.45, 7) is 8.60. The van der Waals surface area contributed by atoms with Gasteiger partial charge in [0.2, 0.25) is 0 Å². The van der Waals surface area contributed by atoms with Crippen molar-refractivity contribution in [3.05, 3.63) is 17.5 Å². The molecular formula is C12H23N3. The summed E-state index contributed by atoms with van der Waals surface area (Å²) < 4.78 is 1.98. The summed E-state index contributed by atoms with van der Waals surface area (Å²) in [5.74, 6) is 0. The Kier molecular flexibility index (Phi) is 3.55. The molecule has 0 radical (unpaired) electrons. The van der Waals surface area contributed by atoms with Crippen molar-refractivity contribution in [2.45, 2.75) is 52.0 Å². The van der Waals surface area contributed by atoms with Gasteiger partial charge < -0.3 is 5.73 Å². The number of aromatic nitrogens is 2. The second-order valence-electron chi connectivity index (χ2n) is 5.41. The first-order valence-corrected chi connectivity index (χ1v) is 5.59. The van der Waals surface area contributed by atoms with Gasteiger partial charge in [-0.1, -0.05) is 20.8 Å². The highest BCUT2D eigenvalue weighted by molar-refractivity contribution is 5.17. The molecular weight excluding hydrogens is 186 g/mol. The third kappa shape index (κ3) is 3.34. The second kappa shape index (κ2) is 4.35. The Morgan fingerprint density at radius 3 is 2.47 bits per heavy atom. The van der Waals surface area contributed by atoms with Crippen LogP contribution in [-0.2, 0) is 18.9 Å². The molecule has 0 aromatic carbocycles. The van der Waals surface area contributed by atoms with Crippen LogP contribution in [0, 0.1) is 0 Å². The quantitative estimate of drug-likeness (QED) is 0.827. The molecule has 0 spiro atoms. The summed E-state index contributed by atoms with van der Waals surface area (Å²) >= 11 is 0. The first-order chi connectivity index (χ1) is 6.80. The van der Waals surface area contributed by atoms with E-state index in [0.29, 0.717) is 0 Å². The Morgan fingerprint density at radius 1 is 1.47 bits per heavy atom. The SMILES string of the molecule is C[C@H](N)CCc1cc(C(C)(C)C)nn1C. The van der Waals surface area contributed by atoms with Crippen molar-refractivity contribution in [2.24, 2.45) is 12.8 Å². The number of rotatable bonds is 3. The maximum Gasteiger partial charge on any atom is 0.0680 e. The normalized spacial score (nSPS) is 14.3. The Balaban J connectivity index is 2.78. The molecule has 1 heterocycles. The second-order valence-corrected chi connectivity index (χ2v) is 5.41. The van der Waals surface area contributed by atoms with E-state index < -0.39 is 0 Å². The molecule has 1 atom stereocenters. The number of nitrogens with two attached hydrogens (primary N) is 1. The molecule has 0 saturated heterocycles. The third-order valence-electron chi connectivity index (χ3n) is 2.60. The highest BCUT2D eigenvalue weighted by Crippen LogP contribution is 2.21. The van der Waals surface area contributed by atoms with Gasteiger partial charge in [0.25, 0.3) is 0 Å². The minimum absolute atomic E-state index is 0.129. The molecule has 86 valence electrons. The van der Waals surface area contributed by atoms with Gasteiger partial charge in [0.15, 0.2) is 0 Å². The van der Waals surface area contributed by atoms with E-state index in [9.17, 15) is 0 Å². The Morgan fingerprint density at radius 2 is 2.07 bits per heavy atom. The lowest BCUT2D eigenvalue weighted by Gasteiger charge is -2.13. The van der Waals surface area contributed by atoms with Gasteiger partial charge in [0, 0.05) is 24.2 Å². The van der Waals surface area contributed by atoms with Crippen molar-refractivity contribution >= 4 is 0 Å². The van der Waals surface area contributed by atoms with Crippen LogP contribution < -0.4 is 5.73 Å². The summed E-state index contributed by atoms with van der Waals surface area (Å²) in [5, 5.41) is 4.54. The molecule has 1 aromatic rings. The van der Waals surface area contributed by atoms with Gasteiger partial charge in [-0.2, -0.15) is 5.10 Å². The summed E-state index contributed by atoms with van der Waals surface area (Å²) in [7, 11) is 2.01. The van der Waals surface area contributed by atoms with Crippen LogP contribution in [-0.4, -0.2) is 15.8 Å². The van der Waals surface area contributed by atoms with Gasteiger partial charge in [0.05, 0.1) is 5.69 Å². The topological polar surface area (TPSA) is 43.8 Å². The number of hydrogen-bond acceptors (Lipinski definition) is 2. The van der Waals surface area contributed by atoms with E-state index >= 15 is 0 Å². The molecule has 3 nitrogen and oxygen atoms in total. The molecule has 0 aliphatic heterocycles. The zero-order valence-electron chi connectivity index (χ0n) is 10.5. The summed E-state index contributed by atoms with van der Waals surface area (Å²) in [4.78, 5) is 0. The van der Waals surface area contributed by atoms with Crippen molar-refractivity contribution in [1.29, 1.82) is 0 Å². The van der Waals surface area contributed by atoms with Gasteiger partial charge in [-0.15, -0.1) is 0 Å². The molecule has 3 heteroatoms. The average molecular weight is 209 g/mol. The van der Waals surface area contributed by atoms with Crippen molar-refractivity contribution < 1.29 is 0 Å². The van der Waals surface area contributed by atoms with Crippen molar-refractivity contribution in [2.75, 3.05) is 0 Å². The molecule has 0 amide bonds. The van der Waals surface area contributed by atoms with E-state index in [1.165, 1.54) is 5.69 Å². The molecule has 1 aromatic heterocycles. The molecule has 0 bridgehead atoms. The van der Waals surface area contributed by atoms with E-state index in [2.05, 4.69) is 31.9 Å². The third-order valence-corrected chi connectivity index (χ3v) is 2.60. The van der Waals surface area contributed by atoms with Crippen LogP contribution in [0.1, 0.15) is 45.5 Å². The van der Waals surface area contributed by atoms with E-state index in [1.807, 2.05) is 18.7 Å². The minimum Gasteiger partial charge on any atom is -0.328 e. The maximum absolute atomic E-state index is 5.75. The van der Waals surface area contributed by atoms with Crippen LogP contribution in [0.3, 0.4) is 0 Å². The zero-order valence-corrected chi connectivity index (χ0v) is 10.5. The average Bonchev–Trinajstić information content (AvgIpc) is 2.42. The standard InChI is InChI=1S/C12H23N3/c1-9(13)6-7-10-8-11(12(2,3)4)14-15(10)5/h8-9H,6-7,13H2,1-5H3/t9-/m0/s1. The summed E-state index contributed by atoms with van der Waals surface area (Å²) in [6.07, 6.45) is 2.03. The van der Waals surface area contributed by atoms with Gasteiger partial charge in [-0.25, -0.2) is 0 Å². The first-order valence-electron chi connectivity index (χ1n) is 5.59. The van der Waals surface area contributed by atoms with E-state index in [0.717, 1.165) is 18.5 Å². The maximum atomic E-state index is 5.75. The predicted molar refractivity (Wildman–Crippen MR) is 63.9 cm³/mol. The van der Waals surface area contributed by atoms with Crippen molar-refractivity contribution in [1.82, 2.24) is 9.78 Å². The number of aryl methyl sites for hydroxylation is 2. The number of nitrogens with zero attached hydrogens (tertiary/aromatic N) is 2. The van der Waals surface area contributed by atoms with E-state index in [-0.39, 0.29) is 11.5 Å². The number of hydrogen-bond donors (Lipinski definition) is 1. The molecule has 0 unspecified atom stereocenters. The van der Waals surface area contributed by atoms with Crippen molar-refractivity contribution in [3.8, 4) is 0 Å². The van der Waals surface area contributed by atoms with Crippen LogP contribution in [0.2, 0.25) is 0 Å². The first kappa shape index (κ1) is 12.2. The van der Waals surface area contributed by atoms with Crippen molar-refractivity contribution in [3.63, 3.8) is 0 Å². The lowest BCUT2D eigenvalue weighted by Crippen LogP contribution is -2.16. The Labute approximate surface area is 92.7 Å². The summed E-state index contributed by atoms with van der Waals surface area (Å²) in [6, 6.07) is 2.46. The van der Waals surface area contributed by atoms with Gasteiger partial charge in [-0.05, 0) is 25.8 Å². The molecule has 2 N–H and O–H groups in total. The largest absolute Gasteiger partial charge is 0.328 e. The van der Waals surface area contributed by atoms with Crippen LogP contribution in [0.5, 0.6) is 0 Å². The van der Waals surface area contributed by atoms with Crippen LogP contribution >= 0.6 is 0 Å². The fourth-order valence-electron chi connectivity index (χ4n) is 1.48. The molecule has 15 heavy (non-hydrogen) atoms. The highest BCUT2D eigenvalue weighted by Gasteiger charge is 2.18. The minimum atomic E-state index is 0.129. The highest BCUT2D eigenvalue weighted by atomic mass is 15.3. The smallest absolute Gasteiger partial charge is 0.0680 e. The monoisotopic (exact) mass is 209 g/mol. The lowest BCUT2D eigenvalue weighted by atomic mass is 9.92. The van der Waals surface area contributed by atoms with Gasteiger partial charge >= 0.3 is 0 Å². The zero-order chi connectivity index (χ0) is 11.6. The predicted octanol–water partition coefficient (Wildman–Crippen LogP) is 2.00. The van der Waals surface area contributed by atoms with Crippen LogP contribution in [0.15, 0.2) is 6.07 Å². The fourth-order valence-corrected chi connectivity index (χ4v) is 1.48.